The highest BCUT2D eigenvalue weighted by atomic mass is 15.4. The van der Waals surface area contributed by atoms with Crippen LogP contribution in [0.15, 0.2) is 207 Å². The van der Waals surface area contributed by atoms with E-state index in [0.717, 1.165) is 16.9 Å². The summed E-state index contributed by atoms with van der Waals surface area (Å²) in [6.07, 6.45) is 11.1. The van der Waals surface area contributed by atoms with Crippen molar-refractivity contribution in [2.24, 2.45) is 0 Å². The van der Waals surface area contributed by atoms with Crippen molar-refractivity contribution in [3.05, 3.63) is 218 Å². The summed E-state index contributed by atoms with van der Waals surface area (Å²) in [4.78, 5) is 2.36. The lowest BCUT2D eigenvalue weighted by Gasteiger charge is -2.46. The van der Waals surface area contributed by atoms with E-state index in [1.807, 2.05) is 37.3 Å². The highest BCUT2D eigenvalue weighted by Crippen LogP contribution is 2.38. The van der Waals surface area contributed by atoms with Crippen LogP contribution in [0.1, 0.15) is 30.4 Å². The van der Waals surface area contributed by atoms with Gasteiger partial charge in [-0.15, -0.1) is 0 Å². The SMILES string of the molecule is C=C/C=C(\C=C)C1NC(c2ccccc2)N(C)C(c2cccc(-n3c4ccccc4c4cc(-n5c6ccccc6c6ccccc65)ccc43)c2)N1.C=C/C=C\C. The number of nitrogens with one attached hydrogen (secondary N) is 2. The van der Waals surface area contributed by atoms with Gasteiger partial charge in [-0.2, -0.15) is 0 Å². The Bertz CT molecular complexity index is 2710. The third kappa shape index (κ3) is 6.63. The van der Waals surface area contributed by atoms with E-state index >= 15 is 0 Å². The Morgan fingerprint density at radius 3 is 1.61 bits per heavy atom. The van der Waals surface area contributed by atoms with Crippen LogP contribution in [0.3, 0.4) is 0 Å². The molecule has 6 aromatic carbocycles. The Hall–Kier alpha value is -6.50. The quantitative estimate of drug-likeness (QED) is 0.153. The minimum atomic E-state index is -0.122. The van der Waals surface area contributed by atoms with Crippen LogP contribution in [0, 0.1) is 0 Å². The maximum atomic E-state index is 4.11. The van der Waals surface area contributed by atoms with Crippen molar-refractivity contribution in [3.8, 4) is 11.4 Å². The van der Waals surface area contributed by atoms with Crippen molar-refractivity contribution in [1.82, 2.24) is 24.7 Å². The van der Waals surface area contributed by atoms with Gasteiger partial charge in [0.25, 0.3) is 0 Å². The summed E-state index contributed by atoms with van der Waals surface area (Å²) in [6, 6.07) is 52.6. The van der Waals surface area contributed by atoms with Crippen molar-refractivity contribution in [1.29, 1.82) is 0 Å². The second-order valence-corrected chi connectivity index (χ2v) is 14.0. The third-order valence-electron chi connectivity index (χ3n) is 10.7. The Labute approximate surface area is 329 Å². The number of nitrogens with zero attached hydrogens (tertiary/aromatic N) is 3. The number of rotatable bonds is 8. The topological polar surface area (TPSA) is 37.2 Å². The van der Waals surface area contributed by atoms with E-state index in [-0.39, 0.29) is 18.5 Å². The fraction of sp³-hybridized carbons (Fsp3) is 0.0980. The number of benzene rings is 6. The lowest BCUT2D eigenvalue weighted by molar-refractivity contribution is 0.0530. The molecule has 1 aliphatic heterocycles. The fourth-order valence-corrected chi connectivity index (χ4v) is 8.21. The first kappa shape index (κ1) is 36.5. The maximum absolute atomic E-state index is 4.11. The first-order valence-electron chi connectivity index (χ1n) is 19.2. The lowest BCUT2D eigenvalue weighted by Crippen LogP contribution is -2.59. The average molecular weight is 730 g/mol. The van der Waals surface area contributed by atoms with E-state index in [2.05, 4.69) is 197 Å². The monoisotopic (exact) mass is 729 g/mol. The lowest BCUT2D eigenvalue weighted by atomic mass is 10.0. The molecule has 0 spiro atoms. The number of para-hydroxylation sites is 3. The van der Waals surface area contributed by atoms with Gasteiger partial charge in [-0.05, 0) is 79.2 Å². The Balaban J connectivity index is 0.000000831. The zero-order chi connectivity index (χ0) is 38.6. The van der Waals surface area contributed by atoms with E-state index < -0.39 is 0 Å². The summed E-state index contributed by atoms with van der Waals surface area (Å²) in [5.41, 5.74) is 10.5. The van der Waals surface area contributed by atoms with Gasteiger partial charge < -0.3 is 9.13 Å². The summed E-state index contributed by atoms with van der Waals surface area (Å²) < 4.78 is 4.80. The van der Waals surface area contributed by atoms with Crippen LogP contribution in [0.5, 0.6) is 0 Å². The van der Waals surface area contributed by atoms with Crippen molar-refractivity contribution >= 4 is 43.6 Å². The Kier molecular flexibility index (Phi) is 10.5. The van der Waals surface area contributed by atoms with Crippen molar-refractivity contribution in [3.63, 3.8) is 0 Å². The average Bonchev–Trinajstić information content (AvgIpc) is 3.76. The molecule has 1 saturated heterocycles. The van der Waals surface area contributed by atoms with Gasteiger partial charge >= 0.3 is 0 Å². The maximum Gasteiger partial charge on any atom is 0.0888 e. The molecule has 0 saturated carbocycles. The molecule has 2 N–H and O–H groups in total. The van der Waals surface area contributed by atoms with Crippen LogP contribution in [0.4, 0.5) is 0 Å². The molecule has 0 amide bonds. The third-order valence-corrected chi connectivity index (χ3v) is 10.7. The van der Waals surface area contributed by atoms with Crippen LogP contribution in [-0.4, -0.2) is 27.2 Å². The largest absolute Gasteiger partial charge is 0.309 e. The smallest absolute Gasteiger partial charge is 0.0888 e. The zero-order valence-corrected chi connectivity index (χ0v) is 32.0. The van der Waals surface area contributed by atoms with E-state index in [1.54, 1.807) is 6.08 Å². The molecule has 3 atom stereocenters. The molecule has 9 rings (SSSR count). The van der Waals surface area contributed by atoms with Gasteiger partial charge in [-0.25, -0.2) is 0 Å². The van der Waals surface area contributed by atoms with E-state index in [4.69, 9.17) is 0 Å². The Morgan fingerprint density at radius 2 is 1.05 bits per heavy atom. The normalized spacial score (nSPS) is 17.7. The van der Waals surface area contributed by atoms with Crippen molar-refractivity contribution in [2.45, 2.75) is 25.4 Å². The summed E-state index contributed by atoms with van der Waals surface area (Å²) >= 11 is 0. The fourth-order valence-electron chi connectivity index (χ4n) is 8.21. The van der Waals surface area contributed by atoms with Gasteiger partial charge in [0.1, 0.15) is 0 Å². The highest BCUT2D eigenvalue weighted by molar-refractivity contribution is 6.12. The first-order chi connectivity index (χ1) is 27.6. The summed E-state index contributed by atoms with van der Waals surface area (Å²) in [5.74, 6) is 0. The molecule has 2 aromatic heterocycles. The molecule has 276 valence electrons. The highest BCUT2D eigenvalue weighted by Gasteiger charge is 2.35. The summed E-state index contributed by atoms with van der Waals surface area (Å²) in [7, 11) is 2.17. The van der Waals surface area contributed by atoms with E-state index in [1.165, 1.54) is 54.7 Å². The van der Waals surface area contributed by atoms with Crippen molar-refractivity contribution in [2.75, 3.05) is 7.05 Å². The molecular weight excluding hydrogens is 683 g/mol. The molecular formula is C51H47N5. The summed E-state index contributed by atoms with van der Waals surface area (Å²) in [5, 5.41) is 12.7. The number of fused-ring (bicyclic) bond motifs is 6. The molecule has 0 radical (unpaired) electrons. The molecule has 1 fully saturated rings. The number of hydrogen-bond donors (Lipinski definition) is 2. The van der Waals surface area contributed by atoms with Gasteiger partial charge in [0.05, 0.1) is 40.6 Å². The molecule has 3 heterocycles. The molecule has 3 unspecified atom stereocenters. The standard InChI is InChI=1S/C46H39N5.C5H8/c1-4-16-31(5-2)44-47-45(32-17-7-6-8-18-32)49(3)46(48-44)33-19-15-20-34(29-33)50-42-26-14-11-23-38(42)39-30-35(27-28-43(39)50)51-40-24-12-9-21-36(40)37-22-10-13-25-41(37)51;1-3-5-4-2/h4-30,44-48H,1-2H2,3H3;3-5H,1H2,2H3/b31-16+;5-4-. The molecule has 56 heavy (non-hydrogen) atoms. The summed E-state index contributed by atoms with van der Waals surface area (Å²) in [6.45, 7) is 13.5. The second kappa shape index (κ2) is 16.1. The predicted molar refractivity (Wildman–Crippen MR) is 238 cm³/mol. The zero-order valence-electron chi connectivity index (χ0n) is 32.0. The predicted octanol–water partition coefficient (Wildman–Crippen LogP) is 12.1. The van der Waals surface area contributed by atoms with E-state index in [0.29, 0.717) is 0 Å². The Morgan fingerprint density at radius 1 is 0.536 bits per heavy atom. The molecule has 8 aromatic rings. The minimum absolute atomic E-state index is 0.0215. The van der Waals surface area contributed by atoms with E-state index in [9.17, 15) is 0 Å². The van der Waals surface area contributed by atoms with Gasteiger partial charge in [0, 0.05) is 32.9 Å². The number of allylic oxidation sites excluding steroid dienone is 5. The van der Waals surface area contributed by atoms with Crippen LogP contribution in [0.2, 0.25) is 0 Å². The van der Waals surface area contributed by atoms with Crippen LogP contribution in [-0.2, 0) is 0 Å². The van der Waals surface area contributed by atoms with Gasteiger partial charge in [-0.1, -0.05) is 153 Å². The van der Waals surface area contributed by atoms with Gasteiger partial charge in [0.2, 0.25) is 0 Å². The number of hydrogen-bond acceptors (Lipinski definition) is 3. The molecule has 5 nitrogen and oxygen atoms in total. The van der Waals surface area contributed by atoms with Gasteiger partial charge in [0.15, 0.2) is 0 Å². The van der Waals surface area contributed by atoms with Crippen LogP contribution >= 0.6 is 0 Å². The van der Waals surface area contributed by atoms with Crippen LogP contribution < -0.4 is 10.6 Å². The van der Waals surface area contributed by atoms with Crippen LogP contribution in [0.25, 0.3) is 55.0 Å². The number of aromatic nitrogens is 2. The first-order valence-corrected chi connectivity index (χ1v) is 19.2. The molecule has 5 heteroatoms. The second-order valence-electron chi connectivity index (χ2n) is 14.0. The molecule has 0 aliphatic carbocycles. The van der Waals surface area contributed by atoms with Gasteiger partial charge in [-0.3, -0.25) is 15.5 Å². The molecule has 1 aliphatic rings. The minimum Gasteiger partial charge on any atom is -0.309 e. The van der Waals surface area contributed by atoms with Crippen molar-refractivity contribution < 1.29 is 0 Å². The molecule has 0 bridgehead atoms.